The SMILES string of the molecule is CN1[C@@H](C(=O)NCCOCCOCCOCCOCCNC(=O)CCCC[C@@H]2SC[C@@H]3NC(=O)N[C@@H]32)CC[C@H]1[C@@H]1CSC(c2ccccc2O)=N1. The number of amides is 4. The highest BCUT2D eigenvalue weighted by atomic mass is 32.2. The minimum absolute atomic E-state index is 0.0144. The highest BCUT2D eigenvalue weighted by Crippen LogP contribution is 2.35. The predicted octanol–water partition coefficient (Wildman–Crippen LogP) is 1.74. The van der Waals surface area contributed by atoms with Crippen molar-refractivity contribution in [2.75, 3.05) is 84.5 Å². The lowest BCUT2D eigenvalue weighted by Crippen LogP contribution is -2.47. The second-order valence-corrected chi connectivity index (χ2v) is 15.4. The lowest BCUT2D eigenvalue weighted by molar-refractivity contribution is -0.125. The second-order valence-electron chi connectivity index (χ2n) is 13.1. The van der Waals surface area contributed by atoms with Crippen LogP contribution in [-0.4, -0.2) is 153 Å². The molecule has 4 heterocycles. The van der Waals surface area contributed by atoms with Crippen LogP contribution in [0.2, 0.25) is 0 Å². The summed E-state index contributed by atoms with van der Waals surface area (Å²) < 4.78 is 22.2. The fraction of sp³-hybridized carbons (Fsp3) is 0.714. The Balaban J connectivity index is 0.770. The Morgan fingerprint density at radius 1 is 0.922 bits per heavy atom. The van der Waals surface area contributed by atoms with Crippen LogP contribution in [0.4, 0.5) is 4.79 Å². The molecule has 4 amide bonds. The molecule has 284 valence electrons. The number of nitrogens with one attached hydrogen (secondary N) is 4. The number of benzene rings is 1. The van der Waals surface area contributed by atoms with Crippen molar-refractivity contribution in [1.82, 2.24) is 26.2 Å². The molecule has 1 aromatic carbocycles. The predicted molar refractivity (Wildman–Crippen MR) is 199 cm³/mol. The summed E-state index contributed by atoms with van der Waals surface area (Å²) in [7, 11) is 2.00. The van der Waals surface area contributed by atoms with E-state index in [0.717, 1.165) is 54.2 Å². The van der Waals surface area contributed by atoms with Gasteiger partial charge in [-0.05, 0) is 44.9 Å². The number of ether oxygens (including phenoxy) is 4. The van der Waals surface area contributed by atoms with Gasteiger partial charge < -0.3 is 45.3 Å². The van der Waals surface area contributed by atoms with Gasteiger partial charge in [0.05, 0.1) is 77.0 Å². The molecule has 0 aliphatic carbocycles. The van der Waals surface area contributed by atoms with Crippen molar-refractivity contribution in [3.63, 3.8) is 0 Å². The van der Waals surface area contributed by atoms with E-state index in [1.54, 1.807) is 23.9 Å². The average Bonchev–Trinajstić information content (AvgIpc) is 3.91. The maximum absolute atomic E-state index is 12.9. The Labute approximate surface area is 309 Å². The van der Waals surface area contributed by atoms with Gasteiger partial charge in [0, 0.05) is 47.9 Å². The number of aromatic hydroxyl groups is 1. The number of hydrogen-bond donors (Lipinski definition) is 5. The Hall–Kier alpha value is -2.60. The molecule has 51 heavy (non-hydrogen) atoms. The lowest BCUT2D eigenvalue weighted by atomic mass is 10.0. The van der Waals surface area contributed by atoms with Crippen LogP contribution in [-0.2, 0) is 28.5 Å². The third kappa shape index (κ3) is 12.2. The molecular weight excluding hydrogens is 697 g/mol. The summed E-state index contributed by atoms with van der Waals surface area (Å²) in [6, 6.07) is 7.79. The van der Waals surface area contributed by atoms with Gasteiger partial charge in [-0.3, -0.25) is 19.5 Å². The highest BCUT2D eigenvalue weighted by molar-refractivity contribution is 8.14. The minimum atomic E-state index is -0.183. The monoisotopic (exact) mass is 750 g/mol. The zero-order valence-corrected chi connectivity index (χ0v) is 31.2. The number of carbonyl (C=O) groups excluding carboxylic acids is 3. The summed E-state index contributed by atoms with van der Waals surface area (Å²) in [5.74, 6) is 2.10. The van der Waals surface area contributed by atoms with Crippen molar-refractivity contribution < 1.29 is 38.4 Å². The van der Waals surface area contributed by atoms with Crippen LogP contribution in [0, 0.1) is 0 Å². The van der Waals surface area contributed by atoms with Crippen LogP contribution >= 0.6 is 23.5 Å². The van der Waals surface area contributed by atoms with Crippen LogP contribution in [0.5, 0.6) is 5.75 Å². The molecule has 0 spiro atoms. The summed E-state index contributed by atoms with van der Waals surface area (Å²) in [5.41, 5.74) is 0.771. The van der Waals surface area contributed by atoms with E-state index in [1.807, 2.05) is 30.9 Å². The van der Waals surface area contributed by atoms with Crippen LogP contribution in [0.1, 0.15) is 44.1 Å². The molecule has 4 aliphatic heterocycles. The largest absolute Gasteiger partial charge is 0.507 e. The molecule has 0 aromatic heterocycles. The van der Waals surface area contributed by atoms with Gasteiger partial charge in [-0.15, -0.1) is 11.8 Å². The molecule has 0 unspecified atom stereocenters. The van der Waals surface area contributed by atoms with E-state index in [9.17, 15) is 19.5 Å². The molecule has 3 saturated heterocycles. The van der Waals surface area contributed by atoms with E-state index in [0.29, 0.717) is 77.6 Å². The topological polar surface area (TPSA) is 172 Å². The molecule has 1 aromatic rings. The second kappa shape index (κ2) is 21.2. The number of likely N-dealkylation sites (N-methyl/N-ethyl adjacent to an activating group) is 1. The molecule has 16 heteroatoms. The van der Waals surface area contributed by atoms with E-state index >= 15 is 0 Å². The summed E-state index contributed by atoms with van der Waals surface area (Å²) in [6.45, 7) is 4.45. The molecular formula is C35H54N6O8S2. The fourth-order valence-electron chi connectivity index (χ4n) is 6.89. The Bertz CT molecular complexity index is 1310. The maximum atomic E-state index is 12.9. The summed E-state index contributed by atoms with van der Waals surface area (Å²) in [5, 5.41) is 23.3. The number of carbonyl (C=O) groups is 3. The van der Waals surface area contributed by atoms with Gasteiger partial charge >= 0.3 is 6.03 Å². The highest BCUT2D eigenvalue weighted by Gasteiger charge is 2.43. The lowest BCUT2D eigenvalue weighted by Gasteiger charge is -2.27. The van der Waals surface area contributed by atoms with Crippen molar-refractivity contribution >= 4 is 46.4 Å². The summed E-state index contributed by atoms with van der Waals surface area (Å²) >= 11 is 3.56. The number of unbranched alkanes of at least 4 members (excludes halogenated alkanes) is 1. The first-order chi connectivity index (χ1) is 24.9. The summed E-state index contributed by atoms with van der Waals surface area (Å²) in [4.78, 5) is 43.5. The van der Waals surface area contributed by atoms with Gasteiger partial charge in [0.15, 0.2) is 0 Å². The number of phenols is 1. The number of phenolic OH excluding ortho intramolecular Hbond substituents is 1. The van der Waals surface area contributed by atoms with Gasteiger partial charge in [-0.1, -0.05) is 18.6 Å². The van der Waals surface area contributed by atoms with Crippen LogP contribution < -0.4 is 21.3 Å². The quantitative estimate of drug-likeness (QED) is 0.0816. The number of fused-ring (bicyclic) bond motifs is 1. The van der Waals surface area contributed by atoms with E-state index in [2.05, 4.69) is 26.2 Å². The number of hydrogen-bond acceptors (Lipinski definition) is 12. The normalized spacial score (nSPS) is 25.7. The van der Waals surface area contributed by atoms with Crippen molar-refractivity contribution in [3.8, 4) is 5.75 Å². The van der Waals surface area contributed by atoms with Crippen LogP contribution in [0.15, 0.2) is 29.3 Å². The first-order valence-electron chi connectivity index (χ1n) is 18.2. The fourth-order valence-corrected chi connectivity index (χ4v) is 9.59. The minimum Gasteiger partial charge on any atom is -0.507 e. The number of likely N-dealkylation sites (tertiary alicyclic amines) is 1. The smallest absolute Gasteiger partial charge is 0.315 e. The first kappa shape index (κ1) is 39.6. The number of aliphatic imine (C=N–C) groups is 1. The Kier molecular flexibility index (Phi) is 16.5. The molecule has 3 fully saturated rings. The molecule has 6 atom stereocenters. The van der Waals surface area contributed by atoms with Gasteiger partial charge in [0.1, 0.15) is 10.8 Å². The summed E-state index contributed by atoms with van der Waals surface area (Å²) in [6.07, 6.45) is 5.02. The third-order valence-electron chi connectivity index (χ3n) is 9.62. The number of thioether (sulfide) groups is 2. The number of para-hydroxylation sites is 1. The van der Waals surface area contributed by atoms with Crippen molar-refractivity contribution in [1.29, 1.82) is 0 Å². The van der Waals surface area contributed by atoms with Crippen molar-refractivity contribution in [3.05, 3.63) is 29.8 Å². The molecule has 5 N–H and O–H groups in total. The first-order valence-corrected chi connectivity index (χ1v) is 20.2. The Morgan fingerprint density at radius 3 is 2.33 bits per heavy atom. The standard InChI is InChI=1S/C35H54N6O8S2/c1-41-27(25-22-51-34(38-25)24-6-2-3-7-29(24)42)10-11-28(41)33(44)37-13-15-47-17-19-49-21-20-48-18-16-46-14-12-36-31(43)9-5-4-8-30-32-26(23-50-30)39-35(45)40-32/h2-3,6-7,25-28,30,32,42H,4-5,8-23H2,1H3,(H,36,43)(H,37,44)(H2,39,40,45)/t25-,26-,27-,28+,30-,32-/m0/s1. The molecule has 0 radical (unpaired) electrons. The average molecular weight is 751 g/mol. The molecule has 4 aliphatic rings. The molecule has 5 rings (SSSR count). The molecule has 14 nitrogen and oxygen atoms in total. The van der Waals surface area contributed by atoms with E-state index in [1.165, 1.54) is 0 Å². The van der Waals surface area contributed by atoms with Gasteiger partial charge in [-0.2, -0.15) is 11.8 Å². The van der Waals surface area contributed by atoms with Gasteiger partial charge in [0.25, 0.3) is 0 Å². The zero-order chi connectivity index (χ0) is 35.8. The molecule has 0 saturated carbocycles. The Morgan fingerprint density at radius 2 is 1.61 bits per heavy atom. The van der Waals surface area contributed by atoms with Crippen molar-refractivity contribution in [2.24, 2.45) is 4.99 Å². The maximum Gasteiger partial charge on any atom is 0.315 e. The van der Waals surface area contributed by atoms with E-state index < -0.39 is 0 Å². The third-order valence-corrected chi connectivity index (χ3v) is 12.2. The van der Waals surface area contributed by atoms with Crippen LogP contribution in [0.3, 0.4) is 0 Å². The van der Waals surface area contributed by atoms with Crippen LogP contribution in [0.25, 0.3) is 0 Å². The number of rotatable bonds is 23. The van der Waals surface area contributed by atoms with E-state index in [-0.39, 0.29) is 53.8 Å². The number of urea groups is 1. The van der Waals surface area contributed by atoms with E-state index in [4.69, 9.17) is 23.9 Å². The van der Waals surface area contributed by atoms with Crippen molar-refractivity contribution in [2.45, 2.75) is 74.0 Å². The molecule has 0 bridgehead atoms. The number of nitrogens with zero attached hydrogens (tertiary/aromatic N) is 2. The van der Waals surface area contributed by atoms with Gasteiger partial charge in [0.2, 0.25) is 11.8 Å². The zero-order valence-electron chi connectivity index (χ0n) is 29.5. The van der Waals surface area contributed by atoms with Gasteiger partial charge in [-0.25, -0.2) is 4.79 Å².